The summed E-state index contributed by atoms with van der Waals surface area (Å²) in [5, 5.41) is 5.73. The van der Waals surface area contributed by atoms with E-state index in [4.69, 9.17) is 9.47 Å². The molecule has 2 aromatic rings. The Morgan fingerprint density at radius 2 is 1.74 bits per heavy atom. The third-order valence-corrected chi connectivity index (χ3v) is 7.79. The lowest BCUT2D eigenvalue weighted by Gasteiger charge is -2.27. The predicted octanol–water partition coefficient (Wildman–Crippen LogP) is 3.42. The van der Waals surface area contributed by atoms with E-state index in [1.807, 2.05) is 44.2 Å². The standard InChI is InChI=1S/C32H37N3O7/c1-5-9-19(2)29(30(38)28-20(3)31(39)35(4)32(28)40)34-27(37)17-23(22-10-7-6-8-11-22)33-26(36)15-13-21-12-14-24-25(16-21)42-18-41-24/h6-8,10-16,19-20,23,28-29H,5,9,17-18H2,1-4H3,(H,33,36)(H,34,37)/b15-13+/t19?,20-,23-,28+,29?/m0/s1. The number of nitrogens with zero attached hydrogens (tertiary/aromatic N) is 1. The number of nitrogens with one attached hydrogen (secondary N) is 2. The van der Waals surface area contributed by atoms with Crippen LogP contribution in [0.4, 0.5) is 0 Å². The van der Waals surface area contributed by atoms with Crippen molar-refractivity contribution in [1.29, 1.82) is 0 Å². The van der Waals surface area contributed by atoms with Crippen LogP contribution in [0.2, 0.25) is 0 Å². The minimum atomic E-state index is -1.14. The van der Waals surface area contributed by atoms with Crippen LogP contribution < -0.4 is 20.1 Å². The van der Waals surface area contributed by atoms with Crippen molar-refractivity contribution in [3.63, 3.8) is 0 Å². The molecular formula is C32H37N3O7. The van der Waals surface area contributed by atoms with E-state index < -0.39 is 53.3 Å². The van der Waals surface area contributed by atoms with E-state index in [1.54, 1.807) is 31.2 Å². The number of ether oxygens (including phenoxy) is 2. The molecule has 2 aromatic carbocycles. The van der Waals surface area contributed by atoms with E-state index in [0.717, 1.165) is 16.9 Å². The Bertz CT molecular complexity index is 1370. The average Bonchev–Trinajstić information content (AvgIpc) is 3.52. The number of imide groups is 1. The largest absolute Gasteiger partial charge is 0.454 e. The highest BCUT2D eigenvalue weighted by Gasteiger charge is 2.49. The Morgan fingerprint density at radius 3 is 2.40 bits per heavy atom. The van der Waals surface area contributed by atoms with Crippen LogP contribution in [-0.2, 0) is 24.0 Å². The highest BCUT2D eigenvalue weighted by molar-refractivity contribution is 6.16. The van der Waals surface area contributed by atoms with Gasteiger partial charge in [-0.15, -0.1) is 0 Å². The van der Waals surface area contributed by atoms with Crippen molar-refractivity contribution < 1.29 is 33.4 Å². The maximum atomic E-state index is 13.6. The SMILES string of the molecule is CCCC(C)C(NC(=O)C[C@H](NC(=O)/C=C/c1ccc2c(c1)OCO2)c1ccccc1)C(=O)[C@@H]1C(=O)N(C)C(=O)[C@H]1C. The van der Waals surface area contributed by atoms with Crippen LogP contribution in [0.1, 0.15) is 57.2 Å². The Morgan fingerprint density at radius 1 is 1.02 bits per heavy atom. The van der Waals surface area contributed by atoms with Crippen molar-refractivity contribution in [3.05, 3.63) is 65.7 Å². The first-order valence-corrected chi connectivity index (χ1v) is 14.2. The summed E-state index contributed by atoms with van der Waals surface area (Å²) >= 11 is 0. The average molecular weight is 576 g/mol. The van der Waals surface area contributed by atoms with E-state index in [2.05, 4.69) is 10.6 Å². The number of carbonyl (C=O) groups is 5. The summed E-state index contributed by atoms with van der Waals surface area (Å²) in [6.45, 7) is 5.53. The zero-order valence-electron chi connectivity index (χ0n) is 24.3. The molecular weight excluding hydrogens is 538 g/mol. The highest BCUT2D eigenvalue weighted by Crippen LogP contribution is 2.33. The fourth-order valence-electron chi connectivity index (χ4n) is 5.42. The molecule has 42 heavy (non-hydrogen) atoms. The maximum absolute atomic E-state index is 13.6. The number of Topliss-reactive ketones (excluding diaryl/α,β-unsaturated/α-hetero) is 1. The van der Waals surface area contributed by atoms with Gasteiger partial charge in [-0.25, -0.2) is 0 Å². The molecule has 0 radical (unpaired) electrons. The van der Waals surface area contributed by atoms with Gasteiger partial charge in [-0.05, 0) is 41.7 Å². The molecule has 2 heterocycles. The van der Waals surface area contributed by atoms with E-state index in [0.29, 0.717) is 23.5 Å². The quantitative estimate of drug-likeness (QED) is 0.225. The number of hydrogen-bond acceptors (Lipinski definition) is 7. The summed E-state index contributed by atoms with van der Waals surface area (Å²) in [5.41, 5.74) is 1.46. The van der Waals surface area contributed by atoms with E-state index in [-0.39, 0.29) is 19.1 Å². The second-order valence-corrected chi connectivity index (χ2v) is 10.8. The van der Waals surface area contributed by atoms with Gasteiger partial charge in [0.1, 0.15) is 5.92 Å². The minimum Gasteiger partial charge on any atom is -0.454 e. The minimum absolute atomic E-state index is 0.136. The lowest BCUT2D eigenvalue weighted by molar-refractivity contribution is -0.141. The van der Waals surface area contributed by atoms with Gasteiger partial charge >= 0.3 is 0 Å². The Kier molecular flexibility index (Phi) is 9.77. The molecule has 2 aliphatic heterocycles. The predicted molar refractivity (Wildman–Crippen MR) is 155 cm³/mol. The lowest BCUT2D eigenvalue weighted by atomic mass is 9.83. The van der Waals surface area contributed by atoms with Gasteiger partial charge < -0.3 is 20.1 Å². The van der Waals surface area contributed by atoms with E-state index in [9.17, 15) is 24.0 Å². The molecule has 10 nitrogen and oxygen atoms in total. The van der Waals surface area contributed by atoms with Crippen LogP contribution in [0.3, 0.4) is 0 Å². The normalized spacial score (nSPS) is 20.0. The monoisotopic (exact) mass is 575 g/mol. The number of amides is 4. The summed E-state index contributed by atoms with van der Waals surface area (Å²) in [6, 6.07) is 12.8. The topological polar surface area (TPSA) is 131 Å². The van der Waals surface area contributed by atoms with Gasteiger partial charge in [0.15, 0.2) is 17.3 Å². The molecule has 0 aliphatic carbocycles. The maximum Gasteiger partial charge on any atom is 0.244 e. The number of fused-ring (bicyclic) bond motifs is 1. The smallest absolute Gasteiger partial charge is 0.244 e. The van der Waals surface area contributed by atoms with Crippen molar-refractivity contribution >= 4 is 35.5 Å². The van der Waals surface area contributed by atoms with Gasteiger partial charge in [0.05, 0.1) is 24.4 Å². The number of ketones is 1. The van der Waals surface area contributed by atoms with E-state index >= 15 is 0 Å². The summed E-state index contributed by atoms with van der Waals surface area (Å²) in [6.07, 6.45) is 4.29. The second-order valence-electron chi connectivity index (χ2n) is 10.8. The Labute approximate surface area is 245 Å². The van der Waals surface area contributed by atoms with Gasteiger partial charge in [0.2, 0.25) is 30.4 Å². The molecule has 2 unspecified atom stereocenters. The van der Waals surface area contributed by atoms with Crippen LogP contribution >= 0.6 is 0 Å². The number of rotatable bonds is 12. The summed E-state index contributed by atoms with van der Waals surface area (Å²) in [5.74, 6) is -3.25. The molecule has 0 saturated carbocycles. The van der Waals surface area contributed by atoms with E-state index in [1.165, 1.54) is 13.1 Å². The van der Waals surface area contributed by atoms with Crippen molar-refractivity contribution in [2.75, 3.05) is 13.8 Å². The van der Waals surface area contributed by atoms with Gasteiger partial charge in [-0.2, -0.15) is 0 Å². The molecule has 1 fully saturated rings. The molecule has 1 saturated heterocycles. The number of benzene rings is 2. The number of hydrogen-bond donors (Lipinski definition) is 2. The lowest BCUT2D eigenvalue weighted by Crippen LogP contribution is -2.50. The Hall–Kier alpha value is -4.47. The van der Waals surface area contributed by atoms with Gasteiger partial charge in [0, 0.05) is 13.1 Å². The molecule has 0 aromatic heterocycles. The van der Waals surface area contributed by atoms with Crippen molar-refractivity contribution in [1.82, 2.24) is 15.5 Å². The van der Waals surface area contributed by atoms with Crippen LogP contribution in [0, 0.1) is 17.8 Å². The van der Waals surface area contributed by atoms with Gasteiger partial charge in [-0.1, -0.05) is 63.6 Å². The molecule has 0 bridgehead atoms. The number of carbonyl (C=O) groups excluding carboxylic acids is 5. The molecule has 222 valence electrons. The molecule has 10 heteroatoms. The molecule has 2 aliphatic rings. The van der Waals surface area contributed by atoms with Crippen LogP contribution in [0.15, 0.2) is 54.6 Å². The van der Waals surface area contributed by atoms with Crippen LogP contribution in [-0.4, -0.2) is 54.2 Å². The third-order valence-electron chi connectivity index (χ3n) is 7.79. The van der Waals surface area contributed by atoms with Crippen LogP contribution in [0.5, 0.6) is 11.5 Å². The summed E-state index contributed by atoms with van der Waals surface area (Å²) in [4.78, 5) is 66.1. The fourth-order valence-corrected chi connectivity index (χ4v) is 5.42. The summed E-state index contributed by atoms with van der Waals surface area (Å²) in [7, 11) is 1.37. The first-order valence-electron chi connectivity index (χ1n) is 14.2. The summed E-state index contributed by atoms with van der Waals surface area (Å²) < 4.78 is 10.7. The van der Waals surface area contributed by atoms with Crippen molar-refractivity contribution in [2.45, 2.75) is 52.1 Å². The zero-order chi connectivity index (χ0) is 30.4. The van der Waals surface area contributed by atoms with Crippen molar-refractivity contribution in [3.8, 4) is 11.5 Å². The number of likely N-dealkylation sites (tertiary alicyclic amines) is 1. The van der Waals surface area contributed by atoms with Gasteiger partial charge in [-0.3, -0.25) is 28.9 Å². The van der Waals surface area contributed by atoms with Crippen molar-refractivity contribution in [2.24, 2.45) is 17.8 Å². The Balaban J connectivity index is 1.48. The first kappa shape index (κ1) is 30.5. The molecule has 0 spiro atoms. The molecule has 5 atom stereocenters. The fraction of sp³-hybridized carbons (Fsp3) is 0.406. The second kappa shape index (κ2) is 13.5. The van der Waals surface area contributed by atoms with Crippen LogP contribution in [0.25, 0.3) is 6.08 Å². The first-order chi connectivity index (χ1) is 20.1. The molecule has 4 rings (SSSR count). The highest BCUT2D eigenvalue weighted by atomic mass is 16.7. The zero-order valence-corrected chi connectivity index (χ0v) is 24.3. The molecule has 2 N–H and O–H groups in total. The van der Waals surface area contributed by atoms with Gasteiger partial charge in [0.25, 0.3) is 0 Å². The molecule has 4 amide bonds. The third kappa shape index (κ3) is 6.87.